The van der Waals surface area contributed by atoms with Crippen LogP contribution in [0.2, 0.25) is 0 Å². The third kappa shape index (κ3) is 4.52. The Balaban J connectivity index is 1.97. The van der Waals surface area contributed by atoms with Gasteiger partial charge in [-0.3, -0.25) is 0 Å². The first-order valence-electron chi connectivity index (χ1n) is 8.29. The maximum atomic E-state index is 5.67. The van der Waals surface area contributed by atoms with Crippen molar-refractivity contribution in [2.45, 2.75) is 64.3 Å². The maximum absolute atomic E-state index is 5.67. The monoisotopic (exact) mass is 275 g/mol. The lowest BCUT2D eigenvalue weighted by Crippen LogP contribution is -2.29. The summed E-state index contributed by atoms with van der Waals surface area (Å²) in [7, 11) is 0. The summed E-state index contributed by atoms with van der Waals surface area (Å²) in [4.78, 5) is 0. The van der Waals surface area contributed by atoms with Crippen LogP contribution < -0.4 is 10.1 Å². The fourth-order valence-electron chi connectivity index (χ4n) is 3.19. The highest BCUT2D eigenvalue weighted by molar-refractivity contribution is 5.29. The largest absolute Gasteiger partial charge is 0.494 e. The van der Waals surface area contributed by atoms with Gasteiger partial charge in [-0.15, -0.1) is 0 Å². The minimum Gasteiger partial charge on any atom is -0.494 e. The highest BCUT2D eigenvalue weighted by atomic mass is 16.5. The van der Waals surface area contributed by atoms with E-state index in [9.17, 15) is 0 Å². The molecule has 1 fully saturated rings. The van der Waals surface area contributed by atoms with Gasteiger partial charge in [-0.05, 0) is 55.8 Å². The summed E-state index contributed by atoms with van der Waals surface area (Å²) in [5.41, 5.74) is 1.48. The first-order valence-corrected chi connectivity index (χ1v) is 8.29. The molecule has 0 radical (unpaired) electrons. The molecule has 0 heterocycles. The van der Waals surface area contributed by atoms with E-state index in [-0.39, 0.29) is 0 Å². The number of rotatable bonds is 6. The molecule has 1 aliphatic carbocycles. The fourth-order valence-corrected chi connectivity index (χ4v) is 3.19. The minimum absolute atomic E-state index is 0.698. The fraction of sp³-hybridized carbons (Fsp3) is 0.667. The van der Waals surface area contributed by atoms with E-state index >= 15 is 0 Å². The maximum Gasteiger partial charge on any atom is 0.119 e. The second-order valence-corrected chi connectivity index (χ2v) is 5.89. The zero-order chi connectivity index (χ0) is 14.2. The molecule has 2 rings (SSSR count). The van der Waals surface area contributed by atoms with Crippen LogP contribution in [0.1, 0.15) is 63.9 Å². The molecule has 0 amide bonds. The van der Waals surface area contributed by atoms with Crippen LogP contribution >= 0.6 is 0 Å². The molecule has 1 saturated carbocycles. The van der Waals surface area contributed by atoms with E-state index in [0.717, 1.165) is 25.3 Å². The summed E-state index contributed by atoms with van der Waals surface area (Å²) < 4.78 is 5.67. The van der Waals surface area contributed by atoms with Gasteiger partial charge in [0.15, 0.2) is 0 Å². The second kappa shape index (κ2) is 8.31. The molecule has 1 aromatic rings. The van der Waals surface area contributed by atoms with Crippen molar-refractivity contribution >= 4 is 0 Å². The van der Waals surface area contributed by atoms with Crippen LogP contribution in [0.5, 0.6) is 5.75 Å². The van der Waals surface area contributed by atoms with Crippen molar-refractivity contribution in [1.29, 1.82) is 0 Å². The zero-order valence-electron chi connectivity index (χ0n) is 13.0. The zero-order valence-corrected chi connectivity index (χ0v) is 13.0. The van der Waals surface area contributed by atoms with Crippen LogP contribution in [0.4, 0.5) is 0 Å². The van der Waals surface area contributed by atoms with Gasteiger partial charge in [0.1, 0.15) is 5.75 Å². The lowest BCUT2D eigenvalue weighted by atomic mass is 9.90. The Morgan fingerprint density at radius 1 is 1.10 bits per heavy atom. The van der Waals surface area contributed by atoms with E-state index in [0.29, 0.717) is 12.0 Å². The molecule has 2 nitrogen and oxygen atoms in total. The van der Waals surface area contributed by atoms with Crippen molar-refractivity contribution in [2.75, 3.05) is 13.2 Å². The van der Waals surface area contributed by atoms with Gasteiger partial charge in [-0.1, -0.05) is 38.8 Å². The van der Waals surface area contributed by atoms with Crippen LogP contribution in [0.25, 0.3) is 0 Å². The minimum atomic E-state index is 0.698. The smallest absolute Gasteiger partial charge is 0.119 e. The van der Waals surface area contributed by atoms with E-state index in [1.54, 1.807) is 0 Å². The van der Waals surface area contributed by atoms with E-state index < -0.39 is 0 Å². The molecule has 20 heavy (non-hydrogen) atoms. The average Bonchev–Trinajstić information content (AvgIpc) is 2.72. The predicted molar refractivity (Wildman–Crippen MR) is 85.5 cm³/mol. The van der Waals surface area contributed by atoms with Crippen molar-refractivity contribution in [1.82, 2.24) is 5.32 Å². The molecule has 1 aliphatic rings. The first-order chi connectivity index (χ1) is 9.83. The number of ether oxygens (including phenoxy) is 1. The molecule has 112 valence electrons. The van der Waals surface area contributed by atoms with Crippen molar-refractivity contribution in [3.8, 4) is 5.75 Å². The molecule has 0 spiro atoms. The van der Waals surface area contributed by atoms with Gasteiger partial charge in [-0.2, -0.15) is 0 Å². The van der Waals surface area contributed by atoms with Gasteiger partial charge in [0, 0.05) is 6.04 Å². The molecule has 1 N–H and O–H groups in total. The highest BCUT2D eigenvalue weighted by Gasteiger charge is 2.20. The van der Waals surface area contributed by atoms with Gasteiger partial charge in [0.25, 0.3) is 0 Å². The Bertz CT molecular complexity index is 374. The molecule has 0 aliphatic heterocycles. The van der Waals surface area contributed by atoms with Gasteiger partial charge in [0.05, 0.1) is 6.61 Å². The standard InChI is InChI=1S/C18H29NO/c1-3-13-20-18-11-9-15(10-12-18)16-7-5-6-8-17(14-16)19-4-2/h9-12,16-17,19H,3-8,13-14H2,1-2H3. The first kappa shape index (κ1) is 15.4. The quantitative estimate of drug-likeness (QED) is 0.772. The van der Waals surface area contributed by atoms with Gasteiger partial charge in [0.2, 0.25) is 0 Å². The normalized spacial score (nSPS) is 23.3. The molecular weight excluding hydrogens is 246 g/mol. The molecule has 1 aromatic carbocycles. The number of hydrogen-bond donors (Lipinski definition) is 1. The number of hydrogen-bond acceptors (Lipinski definition) is 2. The Labute approximate surface area is 123 Å². The highest BCUT2D eigenvalue weighted by Crippen LogP contribution is 2.32. The SMILES string of the molecule is CCCOc1ccc(C2CCCCC(NCC)C2)cc1. The predicted octanol–water partition coefficient (Wildman–Crippen LogP) is 4.50. The van der Waals surface area contributed by atoms with Gasteiger partial charge < -0.3 is 10.1 Å². The third-order valence-electron chi connectivity index (χ3n) is 4.24. The van der Waals surface area contributed by atoms with E-state index in [1.165, 1.54) is 37.7 Å². The van der Waals surface area contributed by atoms with Crippen molar-refractivity contribution in [2.24, 2.45) is 0 Å². The van der Waals surface area contributed by atoms with Crippen LogP contribution in [-0.4, -0.2) is 19.2 Å². The lowest BCUT2D eigenvalue weighted by molar-refractivity contribution is 0.317. The lowest BCUT2D eigenvalue weighted by Gasteiger charge is -2.21. The summed E-state index contributed by atoms with van der Waals surface area (Å²) in [6.07, 6.45) is 7.74. The molecule has 2 atom stereocenters. The molecule has 0 saturated heterocycles. The topological polar surface area (TPSA) is 21.3 Å². The molecule has 2 unspecified atom stereocenters. The number of benzene rings is 1. The number of nitrogens with one attached hydrogen (secondary N) is 1. The summed E-state index contributed by atoms with van der Waals surface area (Å²) in [6.45, 7) is 6.24. The van der Waals surface area contributed by atoms with Crippen molar-refractivity contribution in [3.05, 3.63) is 29.8 Å². The second-order valence-electron chi connectivity index (χ2n) is 5.89. The Hall–Kier alpha value is -1.02. The van der Waals surface area contributed by atoms with Crippen LogP contribution in [0.15, 0.2) is 24.3 Å². The van der Waals surface area contributed by atoms with E-state index in [2.05, 4.69) is 43.4 Å². The summed E-state index contributed by atoms with van der Waals surface area (Å²) in [5.74, 6) is 1.72. The van der Waals surface area contributed by atoms with Gasteiger partial charge >= 0.3 is 0 Å². The Morgan fingerprint density at radius 2 is 1.85 bits per heavy atom. The van der Waals surface area contributed by atoms with Crippen LogP contribution in [0, 0.1) is 0 Å². The summed E-state index contributed by atoms with van der Waals surface area (Å²) in [6, 6.07) is 9.51. The average molecular weight is 275 g/mol. The van der Waals surface area contributed by atoms with Gasteiger partial charge in [-0.25, -0.2) is 0 Å². The van der Waals surface area contributed by atoms with Crippen LogP contribution in [0.3, 0.4) is 0 Å². The van der Waals surface area contributed by atoms with E-state index in [4.69, 9.17) is 4.74 Å². The third-order valence-corrected chi connectivity index (χ3v) is 4.24. The van der Waals surface area contributed by atoms with Crippen molar-refractivity contribution < 1.29 is 4.74 Å². The molecule has 2 heteroatoms. The van der Waals surface area contributed by atoms with E-state index in [1.807, 2.05) is 0 Å². The molecule has 0 bridgehead atoms. The van der Waals surface area contributed by atoms with Crippen molar-refractivity contribution in [3.63, 3.8) is 0 Å². The summed E-state index contributed by atoms with van der Waals surface area (Å²) in [5, 5.41) is 3.64. The summed E-state index contributed by atoms with van der Waals surface area (Å²) >= 11 is 0. The molecule has 0 aromatic heterocycles. The van der Waals surface area contributed by atoms with Crippen LogP contribution in [-0.2, 0) is 0 Å². The Kier molecular flexibility index (Phi) is 6.38. The molecular formula is C18H29NO. The Morgan fingerprint density at radius 3 is 2.55 bits per heavy atom.